The lowest BCUT2D eigenvalue weighted by Gasteiger charge is -2.45. The number of carbonyl (C=O) groups excluding carboxylic acids is 1. The predicted molar refractivity (Wildman–Crippen MR) is 118 cm³/mol. The van der Waals surface area contributed by atoms with Crippen LogP contribution in [0.4, 0.5) is 27.6 Å². The third-order valence-corrected chi connectivity index (χ3v) is 6.25. The van der Waals surface area contributed by atoms with Crippen molar-refractivity contribution in [2.75, 3.05) is 37.7 Å². The van der Waals surface area contributed by atoms with Gasteiger partial charge in [0.1, 0.15) is 5.75 Å². The standard InChI is InChI=1S/C23H20F5N5O3/c1-13(24)21(35)31-8-14(9-31)19-18-17(32-10-22(25,11-32)12-34)6-7-29-20(18)33(30-19)15-2-4-16(5-3-15)36-23(26,27)28/h2-7,14,34H,1,8-12H2. The van der Waals surface area contributed by atoms with Crippen LogP contribution in [0.15, 0.2) is 48.9 Å². The first kappa shape index (κ1) is 24.0. The SMILES string of the molecule is C=C(F)C(=O)N1CC(c2nn(-c3ccc(OC(F)(F)F)cc3)c3nccc(N4CC(F)(CO)C4)c23)C1. The highest BCUT2D eigenvalue weighted by Gasteiger charge is 2.45. The van der Waals surface area contributed by atoms with Crippen LogP contribution >= 0.6 is 0 Å². The van der Waals surface area contributed by atoms with Gasteiger partial charge in [0.2, 0.25) is 0 Å². The fourth-order valence-corrected chi connectivity index (χ4v) is 4.47. The normalized spacial score (nSPS) is 17.6. The van der Waals surface area contributed by atoms with E-state index in [-0.39, 0.29) is 32.1 Å². The topological polar surface area (TPSA) is 83.7 Å². The van der Waals surface area contributed by atoms with E-state index in [2.05, 4.69) is 21.4 Å². The van der Waals surface area contributed by atoms with Crippen molar-refractivity contribution < 1.29 is 36.6 Å². The van der Waals surface area contributed by atoms with Gasteiger partial charge in [-0.1, -0.05) is 6.58 Å². The fraction of sp³-hybridized carbons (Fsp3) is 0.348. The van der Waals surface area contributed by atoms with E-state index < -0.39 is 36.1 Å². The summed E-state index contributed by atoms with van der Waals surface area (Å²) in [6, 6.07) is 6.74. The number of amides is 1. The quantitative estimate of drug-likeness (QED) is 0.406. The van der Waals surface area contributed by atoms with E-state index in [4.69, 9.17) is 0 Å². The number of aromatic nitrogens is 3. The van der Waals surface area contributed by atoms with Crippen molar-refractivity contribution in [3.8, 4) is 11.4 Å². The molecule has 13 heteroatoms. The zero-order valence-corrected chi connectivity index (χ0v) is 18.7. The van der Waals surface area contributed by atoms with Crippen LogP contribution in [0.5, 0.6) is 5.75 Å². The maximum absolute atomic E-state index is 14.4. The first-order valence-electron chi connectivity index (χ1n) is 10.9. The molecule has 2 aliphatic rings. The van der Waals surface area contributed by atoms with Crippen LogP contribution in [-0.4, -0.2) is 75.5 Å². The lowest BCUT2D eigenvalue weighted by Crippen LogP contribution is -2.61. The summed E-state index contributed by atoms with van der Waals surface area (Å²) < 4.78 is 70.7. The average molecular weight is 509 g/mol. The number of likely N-dealkylation sites (tertiary alicyclic amines) is 1. The maximum atomic E-state index is 14.4. The van der Waals surface area contributed by atoms with Gasteiger partial charge in [-0.25, -0.2) is 18.4 Å². The number of anilines is 1. The monoisotopic (exact) mass is 509 g/mol. The molecule has 2 aliphatic heterocycles. The Labute approximate surface area is 201 Å². The van der Waals surface area contributed by atoms with Crippen molar-refractivity contribution in [2.45, 2.75) is 17.9 Å². The molecule has 5 rings (SSSR count). The maximum Gasteiger partial charge on any atom is 0.573 e. The van der Waals surface area contributed by atoms with Crippen LogP contribution in [0.3, 0.4) is 0 Å². The molecule has 0 spiro atoms. The highest BCUT2D eigenvalue weighted by molar-refractivity contribution is 5.95. The molecule has 0 atom stereocenters. The number of aliphatic hydroxyl groups is 1. The minimum Gasteiger partial charge on any atom is -0.406 e. The van der Waals surface area contributed by atoms with Crippen LogP contribution in [-0.2, 0) is 4.79 Å². The van der Waals surface area contributed by atoms with Crippen LogP contribution in [0.25, 0.3) is 16.7 Å². The Hall–Kier alpha value is -3.74. The van der Waals surface area contributed by atoms with Gasteiger partial charge in [-0.2, -0.15) is 5.10 Å². The van der Waals surface area contributed by atoms with Gasteiger partial charge < -0.3 is 19.6 Å². The minimum atomic E-state index is -4.83. The Morgan fingerprint density at radius 1 is 1.19 bits per heavy atom. The molecule has 0 bridgehead atoms. The van der Waals surface area contributed by atoms with E-state index in [0.717, 1.165) is 12.1 Å². The molecule has 0 unspecified atom stereocenters. The second-order valence-corrected chi connectivity index (χ2v) is 8.84. The zero-order chi connectivity index (χ0) is 25.8. The second-order valence-electron chi connectivity index (χ2n) is 8.84. The largest absolute Gasteiger partial charge is 0.573 e. The number of nitrogens with zero attached hydrogens (tertiary/aromatic N) is 5. The predicted octanol–water partition coefficient (Wildman–Crippen LogP) is 3.25. The van der Waals surface area contributed by atoms with E-state index in [1.807, 2.05) is 0 Å². The minimum absolute atomic E-state index is 0.0480. The molecule has 1 N–H and O–H groups in total. The molecule has 2 aromatic heterocycles. The van der Waals surface area contributed by atoms with Gasteiger partial charge in [0.15, 0.2) is 17.1 Å². The van der Waals surface area contributed by atoms with Crippen molar-refractivity contribution in [2.24, 2.45) is 0 Å². The third kappa shape index (κ3) is 4.23. The molecule has 3 aromatic rings. The van der Waals surface area contributed by atoms with Crippen molar-refractivity contribution in [1.82, 2.24) is 19.7 Å². The molecule has 1 aromatic carbocycles. The molecular formula is C23H20F5N5O3. The van der Waals surface area contributed by atoms with Crippen molar-refractivity contribution in [3.63, 3.8) is 0 Å². The first-order chi connectivity index (χ1) is 17.0. The number of pyridine rings is 1. The summed E-state index contributed by atoms with van der Waals surface area (Å²) in [5.74, 6) is -2.58. The van der Waals surface area contributed by atoms with E-state index >= 15 is 0 Å². The highest BCUT2D eigenvalue weighted by Crippen LogP contribution is 2.41. The highest BCUT2D eigenvalue weighted by atomic mass is 19.4. The number of benzene rings is 1. The van der Waals surface area contributed by atoms with Gasteiger partial charge in [0, 0.05) is 25.2 Å². The summed E-state index contributed by atoms with van der Waals surface area (Å²) in [5.41, 5.74) is 0.166. The van der Waals surface area contributed by atoms with E-state index in [9.17, 15) is 31.9 Å². The van der Waals surface area contributed by atoms with E-state index in [1.165, 1.54) is 27.9 Å². The lowest BCUT2D eigenvalue weighted by atomic mass is 9.92. The van der Waals surface area contributed by atoms with Gasteiger partial charge in [0.05, 0.1) is 42.2 Å². The number of rotatable bonds is 6. The van der Waals surface area contributed by atoms with Gasteiger partial charge in [-0.3, -0.25) is 4.79 Å². The summed E-state index contributed by atoms with van der Waals surface area (Å²) in [6.45, 7) is 2.65. The summed E-state index contributed by atoms with van der Waals surface area (Å²) in [4.78, 5) is 19.3. The number of carbonyl (C=O) groups is 1. The van der Waals surface area contributed by atoms with Crippen LogP contribution in [0, 0.1) is 0 Å². The second kappa shape index (κ2) is 8.43. The summed E-state index contributed by atoms with van der Waals surface area (Å²) in [5, 5.41) is 14.5. The Balaban J connectivity index is 1.54. The average Bonchev–Trinajstić information content (AvgIpc) is 3.15. The fourth-order valence-electron chi connectivity index (χ4n) is 4.47. The molecule has 190 valence electrons. The molecule has 8 nitrogen and oxygen atoms in total. The Kier molecular flexibility index (Phi) is 5.62. The molecule has 1 amide bonds. The van der Waals surface area contributed by atoms with Crippen molar-refractivity contribution in [1.29, 1.82) is 0 Å². The number of hydrogen-bond acceptors (Lipinski definition) is 6. The van der Waals surface area contributed by atoms with Crippen LogP contribution in [0.1, 0.15) is 11.6 Å². The van der Waals surface area contributed by atoms with Gasteiger partial charge in [-0.15, -0.1) is 13.2 Å². The van der Waals surface area contributed by atoms with Gasteiger partial charge >= 0.3 is 6.36 Å². The van der Waals surface area contributed by atoms with Gasteiger partial charge in [-0.05, 0) is 30.3 Å². The first-order valence-corrected chi connectivity index (χ1v) is 10.9. The van der Waals surface area contributed by atoms with E-state index in [1.54, 1.807) is 11.0 Å². The number of halogens is 5. The molecule has 2 fully saturated rings. The molecule has 36 heavy (non-hydrogen) atoms. The number of fused-ring (bicyclic) bond motifs is 1. The Bertz CT molecular complexity index is 1330. The van der Waals surface area contributed by atoms with Crippen LogP contribution < -0.4 is 9.64 Å². The summed E-state index contributed by atoms with van der Waals surface area (Å²) in [6.07, 6.45) is -3.33. The molecule has 0 aliphatic carbocycles. The molecule has 0 saturated carbocycles. The van der Waals surface area contributed by atoms with Crippen molar-refractivity contribution >= 4 is 22.6 Å². The van der Waals surface area contributed by atoms with Gasteiger partial charge in [0.25, 0.3) is 5.91 Å². The number of ether oxygens (including phenoxy) is 1. The molecule has 2 saturated heterocycles. The number of alkyl halides is 4. The molecule has 4 heterocycles. The Morgan fingerprint density at radius 2 is 1.86 bits per heavy atom. The summed E-state index contributed by atoms with van der Waals surface area (Å²) in [7, 11) is 0. The third-order valence-electron chi connectivity index (χ3n) is 6.25. The smallest absolute Gasteiger partial charge is 0.406 e. The van der Waals surface area contributed by atoms with Crippen molar-refractivity contribution in [3.05, 3.63) is 54.6 Å². The molecular weight excluding hydrogens is 489 g/mol. The Morgan fingerprint density at radius 3 is 2.44 bits per heavy atom. The zero-order valence-electron chi connectivity index (χ0n) is 18.7. The lowest BCUT2D eigenvalue weighted by molar-refractivity contribution is -0.274. The number of hydrogen-bond donors (Lipinski definition) is 1. The summed E-state index contributed by atoms with van der Waals surface area (Å²) >= 11 is 0. The molecule has 0 radical (unpaired) electrons. The van der Waals surface area contributed by atoms with Crippen LogP contribution in [0.2, 0.25) is 0 Å². The van der Waals surface area contributed by atoms with E-state index in [0.29, 0.717) is 28.1 Å². The number of aliphatic hydroxyl groups excluding tert-OH is 1.